The number of hydrogen-bond donors (Lipinski definition) is 1. The molecule has 106 valence electrons. The van der Waals surface area contributed by atoms with E-state index in [1.807, 2.05) is 0 Å². The highest BCUT2D eigenvalue weighted by Crippen LogP contribution is 2.28. The summed E-state index contributed by atoms with van der Waals surface area (Å²) in [6.45, 7) is 4.08. The molecule has 2 unspecified atom stereocenters. The number of nitrogens with two attached hydrogens (primary N) is 1. The third-order valence-electron chi connectivity index (χ3n) is 4.07. The summed E-state index contributed by atoms with van der Waals surface area (Å²) in [6, 6.07) is 0.169. The lowest BCUT2D eigenvalue weighted by Gasteiger charge is -2.35. The van der Waals surface area contributed by atoms with E-state index in [9.17, 15) is 0 Å². The molecule has 0 amide bonds. The Morgan fingerprint density at radius 3 is 2.95 bits per heavy atom. The average molecular weight is 267 g/mol. The van der Waals surface area contributed by atoms with Crippen LogP contribution in [0.2, 0.25) is 0 Å². The van der Waals surface area contributed by atoms with Gasteiger partial charge in [0.15, 0.2) is 5.82 Å². The number of hydrogen-bond acceptors (Lipinski definition) is 7. The highest BCUT2D eigenvalue weighted by molar-refractivity contribution is 5.07. The van der Waals surface area contributed by atoms with Crippen molar-refractivity contribution in [3.8, 4) is 0 Å². The van der Waals surface area contributed by atoms with Crippen molar-refractivity contribution < 1.29 is 9.26 Å². The van der Waals surface area contributed by atoms with Crippen LogP contribution in [-0.2, 0) is 10.3 Å². The molecule has 1 aromatic rings. The minimum absolute atomic E-state index is 0.169. The summed E-state index contributed by atoms with van der Waals surface area (Å²) < 4.78 is 10.7. The minimum Gasteiger partial charge on any atom is -0.379 e. The van der Waals surface area contributed by atoms with Crippen LogP contribution in [0, 0.1) is 0 Å². The molecule has 7 nitrogen and oxygen atoms in total. The normalized spacial score (nSPS) is 33.9. The van der Waals surface area contributed by atoms with Gasteiger partial charge in [-0.05, 0) is 20.5 Å². The summed E-state index contributed by atoms with van der Waals surface area (Å²) in [7, 11) is 4.20. The molecule has 19 heavy (non-hydrogen) atoms. The molecule has 0 spiro atoms. The third-order valence-corrected chi connectivity index (χ3v) is 4.07. The molecule has 2 aliphatic heterocycles. The highest BCUT2D eigenvalue weighted by Gasteiger charge is 2.39. The summed E-state index contributed by atoms with van der Waals surface area (Å²) in [5, 5.41) is 4.12. The molecule has 0 aliphatic carbocycles. The fourth-order valence-electron chi connectivity index (χ4n) is 2.61. The number of likely N-dealkylation sites (N-methyl/N-ethyl adjacent to an activating group) is 2. The molecule has 0 aromatic carbocycles. The first-order valence-corrected chi connectivity index (χ1v) is 6.68. The molecular formula is C12H21N5O2. The first-order chi connectivity index (χ1) is 9.08. The van der Waals surface area contributed by atoms with Gasteiger partial charge >= 0.3 is 0 Å². The molecule has 2 N–H and O–H groups in total. The molecule has 2 saturated heterocycles. The van der Waals surface area contributed by atoms with Crippen molar-refractivity contribution in [3.05, 3.63) is 11.7 Å². The van der Waals surface area contributed by atoms with Crippen LogP contribution in [0.1, 0.15) is 24.2 Å². The number of aromatic nitrogens is 2. The van der Waals surface area contributed by atoms with E-state index in [4.69, 9.17) is 15.0 Å². The number of piperazine rings is 1. The Bertz CT molecular complexity index is 443. The van der Waals surface area contributed by atoms with Crippen molar-refractivity contribution in [3.63, 3.8) is 0 Å². The molecular weight excluding hydrogens is 246 g/mol. The molecule has 3 rings (SSSR count). The van der Waals surface area contributed by atoms with Crippen molar-refractivity contribution >= 4 is 0 Å². The SMILES string of the molecule is CN1CCN(C)C(c2noc(C3(N)CCOC3)n2)C1. The van der Waals surface area contributed by atoms with Gasteiger partial charge in [-0.3, -0.25) is 4.90 Å². The highest BCUT2D eigenvalue weighted by atomic mass is 16.5. The van der Waals surface area contributed by atoms with Crippen molar-refractivity contribution in [2.24, 2.45) is 5.73 Å². The Kier molecular flexibility index (Phi) is 3.30. The van der Waals surface area contributed by atoms with E-state index in [1.54, 1.807) is 0 Å². The van der Waals surface area contributed by atoms with Crippen molar-refractivity contribution in [1.29, 1.82) is 0 Å². The molecule has 2 atom stereocenters. The topological polar surface area (TPSA) is 80.7 Å². The lowest BCUT2D eigenvalue weighted by Crippen LogP contribution is -2.45. The van der Waals surface area contributed by atoms with E-state index < -0.39 is 5.54 Å². The average Bonchev–Trinajstić information content (AvgIpc) is 3.02. The van der Waals surface area contributed by atoms with Gasteiger partial charge in [-0.2, -0.15) is 4.98 Å². The van der Waals surface area contributed by atoms with Gasteiger partial charge < -0.3 is 19.9 Å². The molecule has 0 radical (unpaired) electrons. The summed E-state index contributed by atoms with van der Waals surface area (Å²) >= 11 is 0. The Labute approximate surface area is 112 Å². The Morgan fingerprint density at radius 1 is 1.37 bits per heavy atom. The van der Waals surface area contributed by atoms with E-state index in [-0.39, 0.29) is 6.04 Å². The third kappa shape index (κ3) is 2.38. The van der Waals surface area contributed by atoms with E-state index >= 15 is 0 Å². The second-order valence-electron chi connectivity index (χ2n) is 5.68. The van der Waals surface area contributed by atoms with Crippen LogP contribution < -0.4 is 5.73 Å². The van der Waals surface area contributed by atoms with E-state index in [0.717, 1.165) is 31.9 Å². The molecule has 0 bridgehead atoms. The lowest BCUT2D eigenvalue weighted by atomic mass is 10.0. The van der Waals surface area contributed by atoms with Gasteiger partial charge in [-0.1, -0.05) is 5.16 Å². The molecule has 3 heterocycles. The summed E-state index contributed by atoms with van der Waals surface area (Å²) in [6.07, 6.45) is 0.731. The molecule has 7 heteroatoms. The smallest absolute Gasteiger partial charge is 0.249 e. The Hall–Kier alpha value is -1.02. The second kappa shape index (κ2) is 4.82. The van der Waals surface area contributed by atoms with Crippen molar-refractivity contribution in [1.82, 2.24) is 19.9 Å². The molecule has 2 fully saturated rings. The van der Waals surface area contributed by atoms with Crippen LogP contribution in [0.5, 0.6) is 0 Å². The fraction of sp³-hybridized carbons (Fsp3) is 0.833. The van der Waals surface area contributed by atoms with Crippen molar-refractivity contribution in [2.75, 3.05) is 46.9 Å². The zero-order chi connectivity index (χ0) is 13.5. The number of nitrogens with zero attached hydrogens (tertiary/aromatic N) is 4. The van der Waals surface area contributed by atoms with Crippen LogP contribution in [-0.4, -0.2) is 66.9 Å². The zero-order valence-electron chi connectivity index (χ0n) is 11.5. The molecule has 2 aliphatic rings. The first kappa shape index (κ1) is 13.0. The largest absolute Gasteiger partial charge is 0.379 e. The first-order valence-electron chi connectivity index (χ1n) is 6.68. The minimum atomic E-state index is -0.607. The maximum Gasteiger partial charge on any atom is 0.249 e. The Morgan fingerprint density at radius 2 is 2.21 bits per heavy atom. The molecule has 0 saturated carbocycles. The monoisotopic (exact) mass is 267 g/mol. The zero-order valence-corrected chi connectivity index (χ0v) is 11.5. The van der Waals surface area contributed by atoms with Crippen LogP contribution in [0.4, 0.5) is 0 Å². The van der Waals surface area contributed by atoms with Gasteiger partial charge in [0.05, 0.1) is 12.6 Å². The van der Waals surface area contributed by atoms with Crippen LogP contribution in [0.25, 0.3) is 0 Å². The van der Waals surface area contributed by atoms with Crippen molar-refractivity contribution in [2.45, 2.75) is 18.0 Å². The maximum atomic E-state index is 6.24. The number of rotatable bonds is 2. The van der Waals surface area contributed by atoms with Gasteiger partial charge in [0.2, 0.25) is 5.89 Å². The molecule has 1 aromatic heterocycles. The Balaban J connectivity index is 1.80. The summed E-state index contributed by atoms with van der Waals surface area (Å²) in [5.74, 6) is 1.22. The van der Waals surface area contributed by atoms with Gasteiger partial charge in [0, 0.05) is 26.2 Å². The van der Waals surface area contributed by atoms with E-state index in [1.165, 1.54) is 0 Å². The van der Waals surface area contributed by atoms with E-state index in [0.29, 0.717) is 19.1 Å². The second-order valence-corrected chi connectivity index (χ2v) is 5.68. The van der Waals surface area contributed by atoms with Gasteiger partial charge in [0.25, 0.3) is 0 Å². The summed E-state index contributed by atoms with van der Waals surface area (Å²) in [4.78, 5) is 9.05. The predicted molar refractivity (Wildman–Crippen MR) is 68.5 cm³/mol. The van der Waals surface area contributed by atoms with Gasteiger partial charge in [-0.25, -0.2) is 0 Å². The maximum absolute atomic E-state index is 6.24. The predicted octanol–water partition coefficient (Wildman–Crippen LogP) is -0.438. The van der Waals surface area contributed by atoms with Crippen LogP contribution in [0.3, 0.4) is 0 Å². The van der Waals surface area contributed by atoms with E-state index in [2.05, 4.69) is 34.0 Å². The van der Waals surface area contributed by atoms with Crippen LogP contribution in [0.15, 0.2) is 4.52 Å². The lowest BCUT2D eigenvalue weighted by molar-refractivity contribution is 0.108. The number of ether oxygens (including phenoxy) is 1. The standard InChI is InChI=1S/C12H21N5O2/c1-16-4-5-17(2)9(7-16)10-14-11(19-15-10)12(13)3-6-18-8-12/h9H,3-8,13H2,1-2H3. The van der Waals surface area contributed by atoms with Gasteiger partial charge in [-0.15, -0.1) is 0 Å². The summed E-state index contributed by atoms with van der Waals surface area (Å²) in [5.41, 5.74) is 5.63. The quantitative estimate of drug-likeness (QED) is 0.778. The van der Waals surface area contributed by atoms with Gasteiger partial charge in [0.1, 0.15) is 5.54 Å². The fourth-order valence-corrected chi connectivity index (χ4v) is 2.61. The van der Waals surface area contributed by atoms with Crippen LogP contribution >= 0.6 is 0 Å².